The fraction of sp³-hybridized carbons (Fsp3) is 0.609. The number of carbonyl (C=O) groups is 1. The molecule has 0 radical (unpaired) electrons. The van der Waals surface area contributed by atoms with Crippen molar-refractivity contribution in [1.82, 2.24) is 5.32 Å². The van der Waals surface area contributed by atoms with Crippen LogP contribution in [0.4, 0.5) is 0 Å². The van der Waals surface area contributed by atoms with Gasteiger partial charge >= 0.3 is 0 Å². The van der Waals surface area contributed by atoms with Gasteiger partial charge in [-0.15, -0.1) is 0 Å². The van der Waals surface area contributed by atoms with Crippen molar-refractivity contribution in [3.8, 4) is 0 Å². The second-order valence-corrected chi connectivity index (χ2v) is 8.34. The van der Waals surface area contributed by atoms with Crippen LogP contribution in [-0.4, -0.2) is 50.7 Å². The van der Waals surface area contributed by atoms with Gasteiger partial charge in [0.15, 0.2) is 6.04 Å². The Balaban J connectivity index is 1.38. The van der Waals surface area contributed by atoms with Crippen LogP contribution in [0.15, 0.2) is 36.4 Å². The minimum atomic E-state index is 0.0784. The van der Waals surface area contributed by atoms with Crippen LogP contribution in [0.2, 0.25) is 0 Å². The van der Waals surface area contributed by atoms with E-state index in [4.69, 9.17) is 0 Å². The average Bonchev–Trinajstić information content (AvgIpc) is 2.97. The number of quaternary nitrogens is 2. The first-order chi connectivity index (χ1) is 13.2. The van der Waals surface area contributed by atoms with Gasteiger partial charge in [-0.25, -0.2) is 0 Å². The van der Waals surface area contributed by atoms with Crippen LogP contribution < -0.4 is 15.1 Å². The number of hydrogen-bond donors (Lipinski definition) is 3. The number of amides is 1. The largest absolute Gasteiger partial charge is 0.348 e. The summed E-state index contributed by atoms with van der Waals surface area (Å²) in [6, 6.07) is 11.0. The van der Waals surface area contributed by atoms with Crippen LogP contribution in [0.3, 0.4) is 0 Å². The van der Waals surface area contributed by atoms with E-state index in [2.05, 4.69) is 54.7 Å². The highest BCUT2D eigenvalue weighted by Gasteiger charge is 2.31. The Hall–Kier alpha value is -1.65. The van der Waals surface area contributed by atoms with E-state index in [1.54, 1.807) is 4.90 Å². The van der Waals surface area contributed by atoms with Crippen molar-refractivity contribution in [2.75, 3.05) is 32.7 Å². The molecule has 1 aliphatic heterocycles. The molecule has 3 rings (SSSR count). The molecule has 1 saturated carbocycles. The molecule has 0 aromatic heterocycles. The van der Waals surface area contributed by atoms with Crippen molar-refractivity contribution in [3.63, 3.8) is 0 Å². The smallest absolute Gasteiger partial charge is 0.278 e. The zero-order valence-electron chi connectivity index (χ0n) is 16.9. The van der Waals surface area contributed by atoms with Crippen LogP contribution in [0.1, 0.15) is 51.0 Å². The molecule has 1 aromatic rings. The number of rotatable bonds is 6. The molecule has 0 bridgehead atoms. The number of carbonyl (C=O) groups excluding carboxylic acids is 1. The lowest BCUT2D eigenvalue weighted by Gasteiger charge is -2.32. The van der Waals surface area contributed by atoms with Crippen LogP contribution in [-0.2, 0) is 4.79 Å². The van der Waals surface area contributed by atoms with Crippen LogP contribution in [0.5, 0.6) is 0 Å². The fourth-order valence-electron chi connectivity index (χ4n) is 4.42. The quantitative estimate of drug-likeness (QED) is 0.633. The Morgan fingerprint density at radius 2 is 1.74 bits per heavy atom. The summed E-state index contributed by atoms with van der Waals surface area (Å²) in [6.07, 6.45) is 12.0. The lowest BCUT2D eigenvalue weighted by atomic mass is 10.1. The van der Waals surface area contributed by atoms with Gasteiger partial charge in [0.2, 0.25) is 0 Å². The lowest BCUT2D eigenvalue weighted by molar-refractivity contribution is -1.02. The van der Waals surface area contributed by atoms with Crippen molar-refractivity contribution in [3.05, 3.63) is 42.0 Å². The molecule has 4 heteroatoms. The zero-order valence-corrected chi connectivity index (χ0v) is 16.9. The van der Waals surface area contributed by atoms with Crippen molar-refractivity contribution >= 4 is 12.0 Å². The normalized spacial score (nSPS) is 25.8. The highest BCUT2D eigenvalue weighted by Crippen LogP contribution is 2.17. The lowest BCUT2D eigenvalue weighted by Crippen LogP contribution is -3.30. The molecule has 0 unspecified atom stereocenters. The van der Waals surface area contributed by atoms with Gasteiger partial charge in [-0.05, 0) is 31.4 Å². The molecule has 4 nitrogen and oxygen atoms in total. The molecule has 1 aromatic carbocycles. The van der Waals surface area contributed by atoms with E-state index in [0.29, 0.717) is 6.04 Å². The SMILES string of the molecule is C[C@@H](C(=O)NC1CCCCCC1)[NH+]1CC[NH+](C/C=C/c2ccccc2)CC1. The Bertz CT molecular complexity index is 585. The molecule has 2 fully saturated rings. The van der Waals surface area contributed by atoms with E-state index in [0.717, 1.165) is 32.7 Å². The summed E-state index contributed by atoms with van der Waals surface area (Å²) >= 11 is 0. The number of hydrogen-bond acceptors (Lipinski definition) is 1. The second-order valence-electron chi connectivity index (χ2n) is 8.34. The molecule has 1 heterocycles. The maximum atomic E-state index is 12.7. The summed E-state index contributed by atoms with van der Waals surface area (Å²) in [4.78, 5) is 15.8. The molecule has 148 valence electrons. The van der Waals surface area contributed by atoms with E-state index in [1.807, 2.05) is 0 Å². The number of nitrogens with one attached hydrogen (secondary N) is 3. The monoisotopic (exact) mass is 371 g/mol. The van der Waals surface area contributed by atoms with Gasteiger partial charge in [-0.2, -0.15) is 0 Å². The van der Waals surface area contributed by atoms with Crippen molar-refractivity contribution < 1.29 is 14.6 Å². The van der Waals surface area contributed by atoms with Gasteiger partial charge in [-0.1, -0.05) is 62.1 Å². The van der Waals surface area contributed by atoms with Gasteiger partial charge in [0.1, 0.15) is 26.2 Å². The molecular formula is C23H37N3O+2. The minimum absolute atomic E-state index is 0.0784. The van der Waals surface area contributed by atoms with Crippen LogP contribution in [0.25, 0.3) is 6.08 Å². The standard InChI is InChI=1S/C23H35N3O/c1-20(23(27)24-22-13-7-2-3-8-14-22)26-18-16-25(17-19-26)15-9-12-21-10-5-4-6-11-21/h4-6,9-12,20,22H,2-3,7-8,13-19H2,1H3,(H,24,27)/p+2/b12-9+/t20-/m0/s1. The third kappa shape index (κ3) is 6.47. The van der Waals surface area contributed by atoms with Gasteiger partial charge < -0.3 is 15.1 Å². The fourth-order valence-corrected chi connectivity index (χ4v) is 4.42. The first kappa shape index (κ1) is 20.1. The summed E-state index contributed by atoms with van der Waals surface area (Å²) in [7, 11) is 0. The van der Waals surface area contributed by atoms with E-state index in [-0.39, 0.29) is 11.9 Å². The second kappa shape index (κ2) is 10.6. The number of piperazine rings is 1. The summed E-state index contributed by atoms with van der Waals surface area (Å²) in [5.41, 5.74) is 1.27. The highest BCUT2D eigenvalue weighted by atomic mass is 16.2. The van der Waals surface area contributed by atoms with Gasteiger partial charge in [0.05, 0.1) is 6.54 Å². The molecule has 3 N–H and O–H groups in total. The third-order valence-electron chi connectivity index (χ3n) is 6.32. The average molecular weight is 372 g/mol. The summed E-state index contributed by atoms with van der Waals surface area (Å²) < 4.78 is 0. The van der Waals surface area contributed by atoms with E-state index in [9.17, 15) is 4.79 Å². The van der Waals surface area contributed by atoms with Crippen LogP contribution in [0, 0.1) is 0 Å². The maximum absolute atomic E-state index is 12.7. The van der Waals surface area contributed by atoms with E-state index in [1.165, 1.54) is 49.0 Å². The molecule has 1 aliphatic carbocycles. The first-order valence-electron chi connectivity index (χ1n) is 10.9. The zero-order chi connectivity index (χ0) is 18.9. The van der Waals surface area contributed by atoms with Gasteiger partial charge in [0, 0.05) is 6.04 Å². The minimum Gasteiger partial charge on any atom is -0.348 e. The topological polar surface area (TPSA) is 38.0 Å². The molecule has 1 amide bonds. The molecule has 1 saturated heterocycles. The van der Waals surface area contributed by atoms with E-state index >= 15 is 0 Å². The van der Waals surface area contributed by atoms with Gasteiger partial charge in [0.25, 0.3) is 5.91 Å². The van der Waals surface area contributed by atoms with E-state index < -0.39 is 0 Å². The molecule has 2 aliphatic rings. The molecule has 1 atom stereocenters. The summed E-state index contributed by atoms with van der Waals surface area (Å²) in [5.74, 6) is 0.268. The molecule has 27 heavy (non-hydrogen) atoms. The molecular weight excluding hydrogens is 334 g/mol. The Morgan fingerprint density at radius 3 is 2.41 bits per heavy atom. The van der Waals surface area contributed by atoms with Crippen LogP contribution >= 0.6 is 0 Å². The predicted molar refractivity (Wildman–Crippen MR) is 111 cm³/mol. The van der Waals surface area contributed by atoms with Crippen molar-refractivity contribution in [1.29, 1.82) is 0 Å². The van der Waals surface area contributed by atoms with Gasteiger partial charge in [-0.3, -0.25) is 4.79 Å². The summed E-state index contributed by atoms with van der Waals surface area (Å²) in [6.45, 7) is 7.67. The highest BCUT2D eigenvalue weighted by molar-refractivity contribution is 5.80. The number of benzene rings is 1. The third-order valence-corrected chi connectivity index (χ3v) is 6.32. The first-order valence-corrected chi connectivity index (χ1v) is 10.9. The Morgan fingerprint density at radius 1 is 1.07 bits per heavy atom. The summed E-state index contributed by atoms with van der Waals surface area (Å²) in [5, 5.41) is 3.34. The molecule has 0 spiro atoms. The Kier molecular flexibility index (Phi) is 7.91. The van der Waals surface area contributed by atoms with Crippen molar-refractivity contribution in [2.24, 2.45) is 0 Å². The van der Waals surface area contributed by atoms with Crippen molar-refractivity contribution in [2.45, 2.75) is 57.5 Å². The Labute approximate surface area is 164 Å². The maximum Gasteiger partial charge on any atom is 0.278 e. The predicted octanol–water partition coefficient (Wildman–Crippen LogP) is 0.711.